The first-order chi connectivity index (χ1) is 10.1. The maximum atomic E-state index is 13.3. The van der Waals surface area contributed by atoms with E-state index in [1.807, 2.05) is 0 Å². The summed E-state index contributed by atoms with van der Waals surface area (Å²) in [6.07, 6.45) is 0. The lowest BCUT2D eigenvalue weighted by molar-refractivity contribution is 0.355. The third-order valence-corrected chi connectivity index (χ3v) is 4.19. The zero-order chi connectivity index (χ0) is 15.0. The number of aromatic nitrogens is 1. The van der Waals surface area contributed by atoms with E-state index in [0.29, 0.717) is 22.2 Å². The number of hydrogen-bond acceptors (Lipinski definition) is 5. The van der Waals surface area contributed by atoms with Crippen LogP contribution >= 0.6 is 11.3 Å². The number of benzene rings is 2. The summed E-state index contributed by atoms with van der Waals surface area (Å²) in [5.74, 6) is 0.857. The fraction of sp³-hybridized carbons (Fsp3) is 0.133. The molecule has 3 rings (SSSR count). The molecule has 2 aromatic carbocycles. The number of fused-ring (bicyclic) bond motifs is 1. The van der Waals surface area contributed by atoms with Crippen LogP contribution < -0.4 is 15.2 Å². The molecule has 1 aromatic heterocycles. The molecule has 0 atom stereocenters. The van der Waals surface area contributed by atoms with Crippen LogP contribution in [-0.2, 0) is 0 Å². The van der Waals surface area contributed by atoms with Gasteiger partial charge in [-0.2, -0.15) is 0 Å². The van der Waals surface area contributed by atoms with Crippen molar-refractivity contribution in [3.63, 3.8) is 0 Å². The Kier molecular flexibility index (Phi) is 3.39. The summed E-state index contributed by atoms with van der Waals surface area (Å²) in [6, 6.07) is 7.99. The Balaban J connectivity index is 2.17. The predicted molar refractivity (Wildman–Crippen MR) is 82.5 cm³/mol. The topological polar surface area (TPSA) is 57.4 Å². The van der Waals surface area contributed by atoms with Gasteiger partial charge in [-0.1, -0.05) is 0 Å². The second kappa shape index (κ2) is 5.21. The number of ether oxygens (including phenoxy) is 2. The normalized spacial score (nSPS) is 10.8. The summed E-state index contributed by atoms with van der Waals surface area (Å²) in [5, 5.41) is 0.717. The third-order valence-electron chi connectivity index (χ3n) is 3.14. The molecule has 3 aromatic rings. The van der Waals surface area contributed by atoms with Gasteiger partial charge in [0.2, 0.25) is 0 Å². The van der Waals surface area contributed by atoms with E-state index < -0.39 is 0 Å². The largest absolute Gasteiger partial charge is 0.493 e. The Morgan fingerprint density at radius 1 is 1.10 bits per heavy atom. The van der Waals surface area contributed by atoms with Crippen LogP contribution in [0.5, 0.6) is 11.5 Å². The molecule has 0 aliphatic carbocycles. The lowest BCUT2D eigenvalue weighted by Crippen LogP contribution is -1.95. The lowest BCUT2D eigenvalue weighted by Gasteiger charge is -2.10. The monoisotopic (exact) mass is 304 g/mol. The Bertz CT molecular complexity index is 817. The van der Waals surface area contributed by atoms with Gasteiger partial charge >= 0.3 is 0 Å². The molecule has 2 N–H and O–H groups in total. The quantitative estimate of drug-likeness (QED) is 0.750. The summed E-state index contributed by atoms with van der Waals surface area (Å²) < 4.78 is 24.5. The Labute approximate surface area is 124 Å². The summed E-state index contributed by atoms with van der Waals surface area (Å²) >= 11 is 1.38. The van der Waals surface area contributed by atoms with E-state index in [0.717, 1.165) is 15.8 Å². The van der Waals surface area contributed by atoms with E-state index in [9.17, 15) is 4.39 Å². The average molecular weight is 304 g/mol. The number of thiazole rings is 1. The van der Waals surface area contributed by atoms with Crippen molar-refractivity contribution in [1.82, 2.24) is 4.98 Å². The second-order valence-electron chi connectivity index (χ2n) is 4.43. The van der Waals surface area contributed by atoms with Crippen molar-refractivity contribution in [2.45, 2.75) is 0 Å². The van der Waals surface area contributed by atoms with Gasteiger partial charge in [-0.15, -0.1) is 11.3 Å². The third kappa shape index (κ3) is 2.38. The predicted octanol–water partition coefficient (Wildman–Crippen LogP) is 3.70. The molecule has 0 amide bonds. The first-order valence-corrected chi connectivity index (χ1v) is 7.02. The number of hydrogen-bond donors (Lipinski definition) is 1. The molecule has 0 bridgehead atoms. The second-order valence-corrected chi connectivity index (χ2v) is 5.46. The molecule has 0 aliphatic heterocycles. The van der Waals surface area contributed by atoms with Crippen LogP contribution in [0.15, 0.2) is 30.3 Å². The molecular formula is C15H13FN2O2S. The fourth-order valence-electron chi connectivity index (χ4n) is 2.09. The number of nitrogen functional groups attached to an aromatic ring is 1. The number of anilines is 1. The van der Waals surface area contributed by atoms with Gasteiger partial charge in [-0.05, 0) is 24.3 Å². The molecule has 21 heavy (non-hydrogen) atoms. The average Bonchev–Trinajstić information content (AvgIpc) is 2.89. The van der Waals surface area contributed by atoms with Crippen molar-refractivity contribution in [2.75, 3.05) is 20.0 Å². The summed E-state index contributed by atoms with van der Waals surface area (Å²) in [4.78, 5) is 4.49. The van der Waals surface area contributed by atoms with Crippen LogP contribution in [0.2, 0.25) is 0 Å². The van der Waals surface area contributed by atoms with Crippen LogP contribution in [0.4, 0.5) is 10.1 Å². The first kappa shape index (κ1) is 13.6. The highest BCUT2D eigenvalue weighted by molar-refractivity contribution is 7.21. The zero-order valence-electron chi connectivity index (χ0n) is 11.5. The Hall–Kier alpha value is -2.34. The van der Waals surface area contributed by atoms with Crippen molar-refractivity contribution in [2.24, 2.45) is 0 Å². The minimum Gasteiger partial charge on any atom is -0.493 e. The van der Waals surface area contributed by atoms with Crippen molar-refractivity contribution in [3.05, 3.63) is 36.1 Å². The van der Waals surface area contributed by atoms with Gasteiger partial charge in [0, 0.05) is 17.3 Å². The highest BCUT2D eigenvalue weighted by Crippen LogP contribution is 2.40. The van der Waals surface area contributed by atoms with E-state index in [4.69, 9.17) is 15.2 Å². The molecule has 0 saturated heterocycles. The highest BCUT2D eigenvalue weighted by atomic mass is 32.1. The van der Waals surface area contributed by atoms with Crippen molar-refractivity contribution < 1.29 is 13.9 Å². The van der Waals surface area contributed by atoms with Gasteiger partial charge in [0.05, 0.1) is 24.4 Å². The number of halogens is 1. The molecule has 0 spiro atoms. The molecule has 108 valence electrons. The zero-order valence-corrected chi connectivity index (χ0v) is 12.3. The van der Waals surface area contributed by atoms with Crippen LogP contribution in [0.25, 0.3) is 20.8 Å². The van der Waals surface area contributed by atoms with E-state index in [1.165, 1.54) is 23.5 Å². The molecule has 0 fully saturated rings. The van der Waals surface area contributed by atoms with Crippen LogP contribution in [0.1, 0.15) is 0 Å². The Morgan fingerprint density at radius 2 is 1.81 bits per heavy atom. The van der Waals surface area contributed by atoms with Crippen LogP contribution in [0, 0.1) is 5.82 Å². The molecule has 0 radical (unpaired) electrons. The first-order valence-electron chi connectivity index (χ1n) is 6.20. The molecular weight excluding hydrogens is 291 g/mol. The van der Waals surface area contributed by atoms with Gasteiger partial charge in [0.1, 0.15) is 10.8 Å². The lowest BCUT2D eigenvalue weighted by atomic mass is 10.1. The minimum absolute atomic E-state index is 0.280. The van der Waals surface area contributed by atoms with Gasteiger partial charge in [-0.25, -0.2) is 9.37 Å². The molecule has 0 aliphatic rings. The molecule has 1 heterocycles. The fourth-order valence-corrected chi connectivity index (χ4v) is 3.12. The minimum atomic E-state index is -0.280. The van der Waals surface area contributed by atoms with Crippen molar-refractivity contribution in [3.8, 4) is 22.1 Å². The van der Waals surface area contributed by atoms with Crippen molar-refractivity contribution >= 4 is 27.2 Å². The maximum Gasteiger partial charge on any atom is 0.162 e. The number of nitrogens with two attached hydrogens (primary N) is 1. The Morgan fingerprint density at radius 3 is 2.52 bits per heavy atom. The van der Waals surface area contributed by atoms with Gasteiger partial charge < -0.3 is 15.2 Å². The highest BCUT2D eigenvalue weighted by Gasteiger charge is 2.14. The summed E-state index contributed by atoms with van der Waals surface area (Å²) in [5.41, 5.74) is 8.08. The van der Waals surface area contributed by atoms with E-state index in [2.05, 4.69) is 4.98 Å². The number of nitrogens with zero attached hydrogens (tertiary/aromatic N) is 1. The van der Waals surface area contributed by atoms with Crippen LogP contribution in [-0.4, -0.2) is 19.2 Å². The van der Waals surface area contributed by atoms with E-state index >= 15 is 0 Å². The summed E-state index contributed by atoms with van der Waals surface area (Å²) in [6.45, 7) is 0. The SMILES string of the molecule is COc1cc(N)c(-c2nc3ccc(F)cc3s2)cc1OC. The van der Waals surface area contributed by atoms with E-state index in [-0.39, 0.29) is 5.82 Å². The van der Waals surface area contributed by atoms with Gasteiger partial charge in [-0.3, -0.25) is 0 Å². The molecule has 0 unspecified atom stereocenters. The van der Waals surface area contributed by atoms with Gasteiger partial charge in [0.25, 0.3) is 0 Å². The standard InChI is InChI=1S/C15H13FN2O2S/c1-19-12-6-9(10(17)7-13(12)20-2)15-18-11-4-3-8(16)5-14(11)21-15/h3-7H,17H2,1-2H3. The number of methoxy groups -OCH3 is 2. The summed E-state index contributed by atoms with van der Waals surface area (Å²) in [7, 11) is 3.11. The van der Waals surface area contributed by atoms with Crippen molar-refractivity contribution in [1.29, 1.82) is 0 Å². The molecule has 6 heteroatoms. The smallest absolute Gasteiger partial charge is 0.162 e. The maximum absolute atomic E-state index is 13.3. The van der Waals surface area contributed by atoms with E-state index in [1.54, 1.807) is 32.4 Å². The molecule has 4 nitrogen and oxygen atoms in total. The number of rotatable bonds is 3. The van der Waals surface area contributed by atoms with Crippen LogP contribution in [0.3, 0.4) is 0 Å². The molecule has 0 saturated carbocycles. The van der Waals surface area contributed by atoms with Gasteiger partial charge in [0.15, 0.2) is 11.5 Å².